The molecule has 0 aliphatic heterocycles. The summed E-state index contributed by atoms with van der Waals surface area (Å²) in [5, 5.41) is -0.400. The molecular formula is C17H21ClF3NOSi. The van der Waals surface area contributed by atoms with E-state index < -0.39 is 36.2 Å². The molecule has 0 spiro atoms. The first-order chi connectivity index (χ1) is 10.6. The summed E-state index contributed by atoms with van der Waals surface area (Å²) >= 11 is 5.80. The van der Waals surface area contributed by atoms with Crippen molar-refractivity contribution in [3.8, 4) is 11.5 Å². The van der Waals surface area contributed by atoms with Crippen LogP contribution in [-0.2, 0) is 17.4 Å². The van der Waals surface area contributed by atoms with E-state index >= 15 is 0 Å². The average Bonchev–Trinajstić information content (AvgIpc) is 2.35. The molecule has 0 aliphatic rings. The quantitative estimate of drug-likeness (QED) is 0.606. The van der Waals surface area contributed by atoms with Gasteiger partial charge in [0.1, 0.15) is 8.07 Å². The third-order valence-corrected chi connectivity index (χ3v) is 4.58. The van der Waals surface area contributed by atoms with E-state index in [2.05, 4.69) is 11.5 Å². The van der Waals surface area contributed by atoms with Crippen LogP contribution in [0.25, 0.3) is 0 Å². The van der Waals surface area contributed by atoms with E-state index in [-0.39, 0.29) is 12.0 Å². The number of carbonyl (C=O) groups is 1. The van der Waals surface area contributed by atoms with Crippen LogP contribution in [0.4, 0.5) is 13.2 Å². The SMILES string of the molecule is CC(C)(Cc1ccc(Cl)c(C(F)(F)F)c1C#C[Si](C)(C)C)C(N)=O. The first-order valence-corrected chi connectivity index (χ1v) is 11.2. The standard InChI is InChI=1S/C17H21ClF3NOSi/c1-16(2,15(22)23)10-11-6-7-13(18)14(17(19,20)21)12(11)8-9-24(3,4)5/h6-7H,10H2,1-5H3,(H2,22,23). The first-order valence-electron chi connectivity index (χ1n) is 7.37. The lowest BCUT2D eigenvalue weighted by Gasteiger charge is -2.23. The highest BCUT2D eigenvalue weighted by molar-refractivity contribution is 6.83. The Morgan fingerprint density at radius 1 is 1.25 bits per heavy atom. The van der Waals surface area contributed by atoms with E-state index in [1.54, 1.807) is 13.8 Å². The Hall–Kier alpha value is -1.45. The minimum Gasteiger partial charge on any atom is -0.369 e. The Morgan fingerprint density at radius 3 is 2.21 bits per heavy atom. The van der Waals surface area contributed by atoms with Gasteiger partial charge >= 0.3 is 6.18 Å². The van der Waals surface area contributed by atoms with Crippen LogP contribution in [-0.4, -0.2) is 14.0 Å². The van der Waals surface area contributed by atoms with Gasteiger partial charge in [-0.2, -0.15) is 13.2 Å². The number of rotatable bonds is 3. The Balaban J connectivity index is 3.66. The van der Waals surface area contributed by atoms with Crippen molar-refractivity contribution in [3.05, 3.63) is 33.8 Å². The molecule has 132 valence electrons. The van der Waals surface area contributed by atoms with Gasteiger partial charge in [-0.25, -0.2) is 0 Å². The summed E-state index contributed by atoms with van der Waals surface area (Å²) in [6.07, 6.45) is -4.58. The number of amides is 1. The molecule has 0 saturated carbocycles. The number of hydrogen-bond donors (Lipinski definition) is 1. The highest BCUT2D eigenvalue weighted by Crippen LogP contribution is 2.39. The van der Waals surface area contributed by atoms with Crippen LogP contribution in [0.5, 0.6) is 0 Å². The van der Waals surface area contributed by atoms with Gasteiger partial charge in [0.2, 0.25) is 5.91 Å². The lowest BCUT2D eigenvalue weighted by atomic mass is 9.82. The highest BCUT2D eigenvalue weighted by atomic mass is 35.5. The van der Waals surface area contributed by atoms with Gasteiger partial charge in [-0.15, -0.1) is 5.54 Å². The fraction of sp³-hybridized carbons (Fsp3) is 0.471. The maximum Gasteiger partial charge on any atom is 0.419 e. The van der Waals surface area contributed by atoms with E-state index in [1.165, 1.54) is 12.1 Å². The average molecular weight is 376 g/mol. The van der Waals surface area contributed by atoms with Crippen molar-refractivity contribution in [3.63, 3.8) is 0 Å². The van der Waals surface area contributed by atoms with Crippen LogP contribution < -0.4 is 5.73 Å². The van der Waals surface area contributed by atoms with Gasteiger partial charge in [-0.05, 0) is 18.1 Å². The van der Waals surface area contributed by atoms with Crippen LogP contribution in [0.1, 0.15) is 30.5 Å². The molecule has 2 N–H and O–H groups in total. The summed E-state index contributed by atoms with van der Waals surface area (Å²) in [6, 6.07) is 2.67. The Morgan fingerprint density at radius 2 is 1.79 bits per heavy atom. The lowest BCUT2D eigenvalue weighted by molar-refractivity contribution is -0.137. The Kier molecular flexibility index (Phi) is 5.84. The van der Waals surface area contributed by atoms with Crippen LogP contribution in [0.2, 0.25) is 24.7 Å². The van der Waals surface area contributed by atoms with Crippen molar-refractivity contribution in [1.29, 1.82) is 0 Å². The molecule has 0 radical (unpaired) electrons. The largest absolute Gasteiger partial charge is 0.419 e. The zero-order valence-corrected chi connectivity index (χ0v) is 16.1. The van der Waals surface area contributed by atoms with E-state index in [0.29, 0.717) is 5.56 Å². The lowest BCUT2D eigenvalue weighted by Crippen LogP contribution is -2.33. The zero-order valence-electron chi connectivity index (χ0n) is 14.4. The maximum atomic E-state index is 13.5. The number of benzene rings is 1. The van der Waals surface area contributed by atoms with Crippen molar-refractivity contribution in [2.24, 2.45) is 11.1 Å². The predicted molar refractivity (Wildman–Crippen MR) is 93.4 cm³/mol. The number of alkyl halides is 3. The van der Waals surface area contributed by atoms with E-state index in [9.17, 15) is 18.0 Å². The molecular weight excluding hydrogens is 355 g/mol. The van der Waals surface area contributed by atoms with Gasteiger partial charge in [-0.1, -0.05) is 57.1 Å². The second-order valence-electron chi connectivity index (χ2n) is 7.38. The molecule has 7 heteroatoms. The van der Waals surface area contributed by atoms with Gasteiger partial charge in [0, 0.05) is 11.0 Å². The van der Waals surface area contributed by atoms with Crippen LogP contribution in [0, 0.1) is 16.9 Å². The van der Waals surface area contributed by atoms with Crippen molar-refractivity contribution >= 4 is 25.6 Å². The van der Waals surface area contributed by atoms with Gasteiger partial charge in [0.05, 0.1) is 10.6 Å². The monoisotopic (exact) mass is 375 g/mol. The van der Waals surface area contributed by atoms with Crippen molar-refractivity contribution in [2.45, 2.75) is 46.1 Å². The number of halogens is 4. The summed E-state index contributed by atoms with van der Waals surface area (Å²) in [4.78, 5) is 11.5. The summed E-state index contributed by atoms with van der Waals surface area (Å²) in [5.41, 5.74) is 6.51. The molecule has 1 aromatic carbocycles. The van der Waals surface area contributed by atoms with Crippen molar-refractivity contribution in [1.82, 2.24) is 0 Å². The second kappa shape index (κ2) is 6.81. The van der Waals surface area contributed by atoms with Crippen LogP contribution in [0.3, 0.4) is 0 Å². The third-order valence-electron chi connectivity index (χ3n) is 3.39. The van der Waals surface area contributed by atoms with Gasteiger partial charge < -0.3 is 5.73 Å². The van der Waals surface area contributed by atoms with E-state index in [1.807, 2.05) is 19.6 Å². The van der Waals surface area contributed by atoms with Gasteiger partial charge in [0.15, 0.2) is 0 Å². The molecule has 1 amide bonds. The molecule has 0 bridgehead atoms. The molecule has 0 fully saturated rings. The normalized spacial score (nSPS) is 12.5. The Bertz CT molecular complexity index is 710. The molecule has 1 aromatic rings. The predicted octanol–water partition coefficient (Wildman–Crippen LogP) is 4.64. The fourth-order valence-corrected chi connectivity index (χ4v) is 2.77. The molecule has 0 unspecified atom stereocenters. The minimum atomic E-state index is -4.63. The molecule has 2 nitrogen and oxygen atoms in total. The third kappa shape index (κ3) is 5.28. The fourth-order valence-electron chi connectivity index (χ4n) is 2.00. The molecule has 24 heavy (non-hydrogen) atoms. The summed E-state index contributed by atoms with van der Waals surface area (Å²) in [5.74, 6) is 2.10. The Labute approximate surface area is 146 Å². The number of primary amides is 1. The number of carbonyl (C=O) groups excluding carboxylic acids is 1. The second-order valence-corrected chi connectivity index (χ2v) is 12.5. The van der Waals surface area contributed by atoms with Crippen molar-refractivity contribution < 1.29 is 18.0 Å². The van der Waals surface area contributed by atoms with E-state index in [0.717, 1.165) is 0 Å². The highest BCUT2D eigenvalue weighted by Gasteiger charge is 2.38. The smallest absolute Gasteiger partial charge is 0.369 e. The molecule has 0 atom stereocenters. The molecule has 1 rings (SSSR count). The zero-order chi connectivity index (χ0) is 18.9. The summed E-state index contributed by atoms with van der Waals surface area (Å²) in [6.45, 7) is 8.99. The van der Waals surface area contributed by atoms with Gasteiger partial charge in [0.25, 0.3) is 0 Å². The van der Waals surface area contributed by atoms with E-state index in [4.69, 9.17) is 17.3 Å². The van der Waals surface area contributed by atoms with Crippen LogP contribution in [0.15, 0.2) is 12.1 Å². The van der Waals surface area contributed by atoms with Crippen LogP contribution >= 0.6 is 11.6 Å². The van der Waals surface area contributed by atoms with Crippen molar-refractivity contribution in [2.75, 3.05) is 0 Å². The summed E-state index contributed by atoms with van der Waals surface area (Å²) in [7, 11) is -1.91. The molecule has 0 saturated heterocycles. The molecule has 0 aromatic heterocycles. The number of nitrogens with two attached hydrogens (primary N) is 1. The maximum absolute atomic E-state index is 13.5. The molecule has 0 heterocycles. The summed E-state index contributed by atoms with van der Waals surface area (Å²) < 4.78 is 40.4. The first kappa shape index (κ1) is 20.6. The molecule has 0 aliphatic carbocycles. The minimum absolute atomic E-state index is 0.0539. The topological polar surface area (TPSA) is 43.1 Å². The number of hydrogen-bond acceptors (Lipinski definition) is 1. The van der Waals surface area contributed by atoms with Gasteiger partial charge in [-0.3, -0.25) is 4.79 Å².